The van der Waals surface area contributed by atoms with Crippen molar-refractivity contribution in [1.29, 1.82) is 0 Å². The molecule has 0 unspecified atom stereocenters. The van der Waals surface area contributed by atoms with Crippen LogP contribution in [0.3, 0.4) is 0 Å². The van der Waals surface area contributed by atoms with E-state index in [4.69, 9.17) is 18.6 Å². The molecule has 0 aliphatic carbocycles. The third kappa shape index (κ3) is 4.01. The molecule has 0 saturated carbocycles. The fraction of sp³-hybridized carbons (Fsp3) is 0.200. The Balaban J connectivity index is 0.00000280. The molecule has 8 heteroatoms. The standard InChI is InChI=1S/C20H18O7.Na/c1-24-15-8-7-13(19(25-2)20(15)26-3)16-10-14(21)12-6-4-5-11(9-17(22)23)18(12)27-16;/h4-8,10H,9H2,1-3H3,(H,22,23);/q;+1/p-1. The van der Waals surface area contributed by atoms with Gasteiger partial charge in [0.25, 0.3) is 0 Å². The molecule has 0 aliphatic heterocycles. The quantitative estimate of drug-likeness (QED) is 0.485. The predicted octanol–water partition coefficient (Wildman–Crippen LogP) is -1.22. The van der Waals surface area contributed by atoms with Crippen molar-refractivity contribution in [1.82, 2.24) is 0 Å². The van der Waals surface area contributed by atoms with Crippen LogP contribution in [0.25, 0.3) is 22.3 Å². The number of carboxylic acids is 1. The molecule has 0 N–H and O–H groups in total. The zero-order chi connectivity index (χ0) is 19.6. The third-order valence-corrected chi connectivity index (χ3v) is 4.14. The number of carboxylic acid groups (broad SMARTS) is 1. The number of methoxy groups -OCH3 is 3. The number of fused-ring (bicyclic) bond motifs is 1. The average Bonchev–Trinajstić information content (AvgIpc) is 2.66. The summed E-state index contributed by atoms with van der Waals surface area (Å²) >= 11 is 0. The minimum absolute atomic E-state index is 0. The molecule has 0 fully saturated rings. The maximum Gasteiger partial charge on any atom is 1.00 e. The van der Waals surface area contributed by atoms with Crippen molar-refractivity contribution in [3.05, 3.63) is 52.2 Å². The Bertz CT molecular complexity index is 1070. The fourth-order valence-corrected chi connectivity index (χ4v) is 2.96. The number of ether oxygens (including phenoxy) is 3. The van der Waals surface area contributed by atoms with Gasteiger partial charge >= 0.3 is 29.6 Å². The number of aliphatic carboxylic acids is 1. The van der Waals surface area contributed by atoms with Gasteiger partial charge < -0.3 is 28.5 Å². The van der Waals surface area contributed by atoms with E-state index in [2.05, 4.69) is 0 Å². The summed E-state index contributed by atoms with van der Waals surface area (Å²) in [6.45, 7) is 0. The summed E-state index contributed by atoms with van der Waals surface area (Å²) in [6, 6.07) is 9.43. The molecule has 0 aliphatic rings. The Kier molecular flexibility index (Phi) is 7.12. The van der Waals surface area contributed by atoms with Crippen LogP contribution in [0, 0.1) is 0 Å². The first kappa shape index (κ1) is 21.8. The Morgan fingerprint density at radius 1 is 1.04 bits per heavy atom. The minimum atomic E-state index is -1.26. The van der Waals surface area contributed by atoms with E-state index >= 15 is 0 Å². The van der Waals surface area contributed by atoms with E-state index in [0.717, 1.165) is 0 Å². The number of hydrogen-bond donors (Lipinski definition) is 0. The Labute approximate surface area is 183 Å². The van der Waals surface area contributed by atoms with Gasteiger partial charge in [-0.2, -0.15) is 0 Å². The van der Waals surface area contributed by atoms with E-state index in [0.29, 0.717) is 28.4 Å². The predicted molar refractivity (Wildman–Crippen MR) is 96.3 cm³/mol. The molecule has 7 nitrogen and oxygen atoms in total. The zero-order valence-corrected chi connectivity index (χ0v) is 18.0. The van der Waals surface area contributed by atoms with Gasteiger partial charge in [0.15, 0.2) is 16.9 Å². The van der Waals surface area contributed by atoms with Crippen molar-refractivity contribution in [2.24, 2.45) is 0 Å². The van der Waals surface area contributed by atoms with Gasteiger partial charge in [0.2, 0.25) is 5.75 Å². The van der Waals surface area contributed by atoms with Gasteiger partial charge in [0.1, 0.15) is 11.3 Å². The average molecular weight is 392 g/mol. The summed E-state index contributed by atoms with van der Waals surface area (Å²) in [7, 11) is 4.43. The van der Waals surface area contributed by atoms with Crippen molar-refractivity contribution in [2.75, 3.05) is 21.3 Å². The molecule has 3 rings (SSSR count). The molecule has 0 amide bonds. The number of para-hydroxylation sites is 1. The molecule has 140 valence electrons. The summed E-state index contributed by atoms with van der Waals surface area (Å²) < 4.78 is 22.0. The molecule has 28 heavy (non-hydrogen) atoms. The summed E-state index contributed by atoms with van der Waals surface area (Å²) in [5.41, 5.74) is 0.715. The summed E-state index contributed by atoms with van der Waals surface area (Å²) in [5.74, 6) is 0.0919. The second-order valence-corrected chi connectivity index (χ2v) is 5.70. The van der Waals surface area contributed by atoms with Crippen LogP contribution in [0.4, 0.5) is 0 Å². The van der Waals surface area contributed by atoms with Gasteiger partial charge in [0, 0.05) is 24.0 Å². The second kappa shape index (κ2) is 9.14. The van der Waals surface area contributed by atoms with Crippen LogP contribution >= 0.6 is 0 Å². The SMILES string of the molecule is COc1ccc(-c2cc(=O)c3cccc(CC(=O)[O-])c3o2)c(OC)c1OC.[Na+]. The van der Waals surface area contributed by atoms with E-state index < -0.39 is 5.97 Å². The van der Waals surface area contributed by atoms with E-state index in [9.17, 15) is 14.7 Å². The smallest absolute Gasteiger partial charge is 0.550 e. The first-order chi connectivity index (χ1) is 13.0. The molecule has 1 aromatic heterocycles. The molecule has 3 aromatic rings. The van der Waals surface area contributed by atoms with Gasteiger partial charge in [-0.3, -0.25) is 4.79 Å². The van der Waals surface area contributed by atoms with E-state index in [1.54, 1.807) is 30.3 Å². The van der Waals surface area contributed by atoms with Crippen molar-refractivity contribution in [3.63, 3.8) is 0 Å². The number of carbonyl (C=O) groups excluding carboxylic acids is 1. The van der Waals surface area contributed by atoms with E-state index in [1.807, 2.05) is 0 Å². The van der Waals surface area contributed by atoms with Crippen LogP contribution in [-0.2, 0) is 11.2 Å². The van der Waals surface area contributed by atoms with E-state index in [-0.39, 0.29) is 58.1 Å². The Morgan fingerprint density at radius 3 is 2.36 bits per heavy atom. The normalized spacial score (nSPS) is 10.2. The molecule has 2 aromatic carbocycles. The second-order valence-electron chi connectivity index (χ2n) is 5.70. The molecule has 0 bridgehead atoms. The van der Waals surface area contributed by atoms with E-state index in [1.165, 1.54) is 27.4 Å². The molecular formula is C20H17NaO7. The summed E-state index contributed by atoms with van der Waals surface area (Å²) in [6.07, 6.45) is -0.368. The van der Waals surface area contributed by atoms with Crippen LogP contribution in [-0.4, -0.2) is 27.3 Å². The van der Waals surface area contributed by atoms with Gasteiger partial charge in [-0.15, -0.1) is 0 Å². The summed E-state index contributed by atoms with van der Waals surface area (Å²) in [4.78, 5) is 23.6. The number of hydrogen-bond acceptors (Lipinski definition) is 7. The first-order valence-electron chi connectivity index (χ1n) is 8.05. The summed E-state index contributed by atoms with van der Waals surface area (Å²) in [5, 5.41) is 11.3. The maximum absolute atomic E-state index is 12.6. The topological polar surface area (TPSA) is 98.0 Å². The maximum atomic E-state index is 12.6. The Hall–Kier alpha value is -2.48. The number of carbonyl (C=O) groups is 1. The fourth-order valence-electron chi connectivity index (χ4n) is 2.96. The number of benzene rings is 2. The zero-order valence-electron chi connectivity index (χ0n) is 16.0. The first-order valence-corrected chi connectivity index (χ1v) is 8.05. The van der Waals surface area contributed by atoms with Crippen molar-refractivity contribution < 1.29 is 58.1 Å². The monoisotopic (exact) mass is 392 g/mol. The Morgan fingerprint density at radius 2 is 1.75 bits per heavy atom. The molecule has 0 saturated heterocycles. The van der Waals surface area contributed by atoms with Crippen LogP contribution in [0.2, 0.25) is 0 Å². The van der Waals surface area contributed by atoms with Gasteiger partial charge in [-0.05, 0) is 18.2 Å². The van der Waals surface area contributed by atoms with Crippen molar-refractivity contribution >= 4 is 16.9 Å². The molecule has 0 atom stereocenters. The number of rotatable bonds is 6. The van der Waals surface area contributed by atoms with Crippen LogP contribution in [0.1, 0.15) is 5.56 Å². The molecular weight excluding hydrogens is 375 g/mol. The van der Waals surface area contributed by atoms with Gasteiger partial charge in [-0.1, -0.05) is 12.1 Å². The molecule has 0 radical (unpaired) electrons. The van der Waals surface area contributed by atoms with Gasteiger partial charge in [0.05, 0.1) is 32.3 Å². The largest absolute Gasteiger partial charge is 1.00 e. The van der Waals surface area contributed by atoms with Crippen molar-refractivity contribution in [3.8, 4) is 28.6 Å². The third-order valence-electron chi connectivity index (χ3n) is 4.14. The van der Waals surface area contributed by atoms with Gasteiger partial charge in [-0.25, -0.2) is 0 Å². The van der Waals surface area contributed by atoms with Crippen LogP contribution in [0.5, 0.6) is 17.2 Å². The van der Waals surface area contributed by atoms with Crippen LogP contribution in [0.15, 0.2) is 45.6 Å². The van der Waals surface area contributed by atoms with Crippen LogP contribution < -0.4 is 54.3 Å². The molecule has 0 spiro atoms. The minimum Gasteiger partial charge on any atom is -0.550 e. The molecule has 1 heterocycles. The van der Waals surface area contributed by atoms with Crippen molar-refractivity contribution in [2.45, 2.75) is 6.42 Å².